The number of rotatable bonds is 4. The third kappa shape index (κ3) is 3.15. The van der Waals surface area contributed by atoms with Gasteiger partial charge >= 0.3 is 0 Å². The first-order chi connectivity index (χ1) is 11.3. The van der Waals surface area contributed by atoms with Crippen LogP contribution in [-0.4, -0.2) is 45.9 Å². The molecule has 0 amide bonds. The molecule has 6 heteroatoms. The van der Waals surface area contributed by atoms with Crippen molar-refractivity contribution in [1.82, 2.24) is 19.8 Å². The molecule has 1 N–H and O–H groups in total. The Morgan fingerprint density at radius 3 is 2.65 bits per heavy atom. The number of nitrogens with one attached hydrogen (secondary N) is 1. The number of hydrogen-bond acceptors (Lipinski definition) is 4. The summed E-state index contributed by atoms with van der Waals surface area (Å²) in [5.41, 5.74) is 1.24. The summed E-state index contributed by atoms with van der Waals surface area (Å²) < 4.78 is 14.6. The molecule has 1 saturated heterocycles. The number of H-pyrrole nitrogens is 1. The number of nitrogens with zero attached hydrogens (tertiary/aromatic N) is 3. The lowest BCUT2D eigenvalue weighted by Crippen LogP contribution is -2.45. The van der Waals surface area contributed by atoms with E-state index in [2.05, 4.69) is 25.1 Å². The van der Waals surface area contributed by atoms with Crippen LogP contribution in [0, 0.1) is 5.82 Å². The zero-order valence-electron chi connectivity index (χ0n) is 12.8. The molecule has 0 saturated carbocycles. The van der Waals surface area contributed by atoms with Gasteiger partial charge in [0.25, 0.3) is 0 Å². The quantitative estimate of drug-likeness (QED) is 0.798. The second-order valence-electron chi connectivity index (χ2n) is 5.97. The van der Waals surface area contributed by atoms with Crippen molar-refractivity contribution in [2.75, 3.05) is 26.2 Å². The first-order valence-corrected chi connectivity index (χ1v) is 8.75. The zero-order valence-corrected chi connectivity index (χ0v) is 13.7. The minimum Gasteiger partial charge on any atom is -0.348 e. The molecule has 1 aliphatic rings. The fraction of sp³-hybridized carbons (Fsp3) is 0.353. The lowest BCUT2D eigenvalue weighted by Gasteiger charge is -2.34. The number of piperazine rings is 1. The molecule has 4 rings (SSSR count). The van der Waals surface area contributed by atoms with Crippen LogP contribution in [0.2, 0.25) is 0 Å². The van der Waals surface area contributed by atoms with Crippen molar-refractivity contribution in [2.45, 2.75) is 13.1 Å². The van der Waals surface area contributed by atoms with Gasteiger partial charge in [0, 0.05) is 45.1 Å². The average molecular weight is 330 g/mol. The second kappa shape index (κ2) is 6.39. The Kier molecular flexibility index (Phi) is 4.11. The molecule has 0 atom stereocenters. The van der Waals surface area contributed by atoms with Crippen LogP contribution < -0.4 is 0 Å². The van der Waals surface area contributed by atoms with Crippen molar-refractivity contribution in [3.63, 3.8) is 0 Å². The SMILES string of the molecule is Fc1cccc2c(CN3CCN(Cc4ncc[nH]4)CC3)csc12. The largest absolute Gasteiger partial charge is 0.348 e. The summed E-state index contributed by atoms with van der Waals surface area (Å²) in [5, 5.41) is 3.16. The summed E-state index contributed by atoms with van der Waals surface area (Å²) >= 11 is 1.51. The van der Waals surface area contributed by atoms with Crippen LogP contribution in [0.4, 0.5) is 4.39 Å². The van der Waals surface area contributed by atoms with E-state index in [1.54, 1.807) is 12.3 Å². The normalized spacial score (nSPS) is 17.1. The van der Waals surface area contributed by atoms with Crippen molar-refractivity contribution in [1.29, 1.82) is 0 Å². The van der Waals surface area contributed by atoms with E-state index in [4.69, 9.17) is 0 Å². The average Bonchev–Trinajstić information content (AvgIpc) is 3.20. The Morgan fingerprint density at radius 2 is 1.91 bits per heavy atom. The number of halogens is 1. The Bertz CT molecular complexity index is 775. The molecule has 1 aromatic carbocycles. The number of fused-ring (bicyclic) bond motifs is 1. The minimum absolute atomic E-state index is 0.109. The van der Waals surface area contributed by atoms with E-state index in [1.807, 2.05) is 12.3 Å². The highest BCUT2D eigenvalue weighted by Gasteiger charge is 2.19. The number of aromatic amines is 1. The van der Waals surface area contributed by atoms with E-state index in [9.17, 15) is 4.39 Å². The van der Waals surface area contributed by atoms with Crippen molar-refractivity contribution >= 4 is 21.4 Å². The molecule has 0 unspecified atom stereocenters. The topological polar surface area (TPSA) is 35.2 Å². The van der Waals surface area contributed by atoms with Gasteiger partial charge in [0.2, 0.25) is 0 Å². The van der Waals surface area contributed by atoms with Crippen molar-refractivity contribution in [3.8, 4) is 0 Å². The lowest BCUT2D eigenvalue weighted by atomic mass is 10.1. The van der Waals surface area contributed by atoms with E-state index in [0.717, 1.165) is 55.2 Å². The minimum atomic E-state index is -0.109. The molecular weight excluding hydrogens is 311 g/mol. The van der Waals surface area contributed by atoms with Crippen LogP contribution in [0.1, 0.15) is 11.4 Å². The van der Waals surface area contributed by atoms with E-state index in [0.29, 0.717) is 0 Å². The van der Waals surface area contributed by atoms with Gasteiger partial charge in [-0.15, -0.1) is 11.3 Å². The molecule has 0 aliphatic carbocycles. The highest BCUT2D eigenvalue weighted by Crippen LogP contribution is 2.29. The molecule has 2 aromatic heterocycles. The van der Waals surface area contributed by atoms with Gasteiger partial charge in [0.15, 0.2) is 0 Å². The summed E-state index contributed by atoms with van der Waals surface area (Å²) in [7, 11) is 0. The molecule has 0 radical (unpaired) electrons. The summed E-state index contributed by atoms with van der Waals surface area (Å²) in [6, 6.07) is 5.36. The standard InChI is InChI=1S/C17H19FN4S/c18-15-3-1-2-14-13(12-23-17(14)15)10-21-6-8-22(9-7-21)11-16-19-4-5-20-16/h1-5,12H,6-11H2,(H,19,20). The van der Waals surface area contributed by atoms with Crippen LogP contribution in [0.5, 0.6) is 0 Å². The van der Waals surface area contributed by atoms with Gasteiger partial charge in [-0.2, -0.15) is 0 Å². The summed E-state index contributed by atoms with van der Waals surface area (Å²) in [4.78, 5) is 12.3. The van der Waals surface area contributed by atoms with Crippen LogP contribution >= 0.6 is 11.3 Å². The fourth-order valence-corrected chi connectivity index (χ4v) is 4.11. The molecule has 0 bridgehead atoms. The van der Waals surface area contributed by atoms with E-state index >= 15 is 0 Å². The molecule has 0 spiro atoms. The summed E-state index contributed by atoms with van der Waals surface area (Å²) in [6.07, 6.45) is 3.67. The summed E-state index contributed by atoms with van der Waals surface area (Å²) in [6.45, 7) is 5.93. The van der Waals surface area contributed by atoms with Crippen LogP contribution in [0.25, 0.3) is 10.1 Å². The highest BCUT2D eigenvalue weighted by atomic mass is 32.1. The predicted molar refractivity (Wildman–Crippen MR) is 90.9 cm³/mol. The van der Waals surface area contributed by atoms with Crippen molar-refractivity contribution < 1.29 is 4.39 Å². The van der Waals surface area contributed by atoms with Crippen LogP contribution in [-0.2, 0) is 13.1 Å². The number of hydrogen-bond donors (Lipinski definition) is 1. The summed E-state index contributed by atoms with van der Waals surface area (Å²) in [5.74, 6) is 0.916. The van der Waals surface area contributed by atoms with E-state index in [-0.39, 0.29) is 5.82 Å². The number of thiophene rings is 1. The first kappa shape index (κ1) is 14.8. The molecule has 1 aliphatic heterocycles. The second-order valence-corrected chi connectivity index (χ2v) is 6.85. The highest BCUT2D eigenvalue weighted by molar-refractivity contribution is 7.17. The van der Waals surface area contributed by atoms with Gasteiger partial charge in [0.05, 0.1) is 11.2 Å². The van der Waals surface area contributed by atoms with E-state index in [1.165, 1.54) is 23.0 Å². The Labute approximate surface area is 138 Å². The third-order valence-electron chi connectivity index (χ3n) is 4.42. The Hall–Kier alpha value is -1.76. The van der Waals surface area contributed by atoms with Crippen molar-refractivity contribution in [3.05, 3.63) is 53.2 Å². The molecule has 23 heavy (non-hydrogen) atoms. The smallest absolute Gasteiger partial charge is 0.140 e. The van der Waals surface area contributed by atoms with Gasteiger partial charge in [-0.1, -0.05) is 12.1 Å². The zero-order chi connectivity index (χ0) is 15.6. The maximum Gasteiger partial charge on any atom is 0.140 e. The molecule has 1 fully saturated rings. The van der Waals surface area contributed by atoms with E-state index < -0.39 is 0 Å². The molecular formula is C17H19FN4S. The van der Waals surface area contributed by atoms with Gasteiger partial charge in [-0.25, -0.2) is 9.37 Å². The number of aromatic nitrogens is 2. The predicted octanol–water partition coefficient (Wildman–Crippen LogP) is 3.08. The fourth-order valence-electron chi connectivity index (χ4n) is 3.14. The first-order valence-electron chi connectivity index (χ1n) is 7.87. The number of imidazole rings is 1. The van der Waals surface area contributed by atoms with Gasteiger partial charge in [-0.3, -0.25) is 9.80 Å². The van der Waals surface area contributed by atoms with Crippen LogP contribution in [0.3, 0.4) is 0 Å². The van der Waals surface area contributed by atoms with Gasteiger partial charge < -0.3 is 4.98 Å². The molecule has 3 heterocycles. The van der Waals surface area contributed by atoms with Crippen molar-refractivity contribution in [2.24, 2.45) is 0 Å². The van der Waals surface area contributed by atoms with Gasteiger partial charge in [-0.05, 0) is 22.4 Å². The van der Waals surface area contributed by atoms with Gasteiger partial charge in [0.1, 0.15) is 11.6 Å². The molecule has 3 aromatic rings. The molecule has 120 valence electrons. The monoisotopic (exact) mass is 330 g/mol. The van der Waals surface area contributed by atoms with Crippen LogP contribution in [0.15, 0.2) is 36.0 Å². The number of benzene rings is 1. The maximum absolute atomic E-state index is 13.8. The Morgan fingerprint density at radius 1 is 1.13 bits per heavy atom. The Balaban J connectivity index is 1.38. The molecule has 4 nitrogen and oxygen atoms in total. The lowest BCUT2D eigenvalue weighted by molar-refractivity contribution is 0.120. The maximum atomic E-state index is 13.8. The third-order valence-corrected chi connectivity index (χ3v) is 5.47.